The molecular formula is C13H22N4O. The van der Waals surface area contributed by atoms with Crippen molar-refractivity contribution >= 4 is 5.91 Å². The molecule has 5 nitrogen and oxygen atoms in total. The molecule has 18 heavy (non-hydrogen) atoms. The lowest BCUT2D eigenvalue weighted by molar-refractivity contribution is -0.133. The van der Waals surface area contributed by atoms with E-state index in [4.69, 9.17) is 5.73 Å². The summed E-state index contributed by atoms with van der Waals surface area (Å²) in [4.78, 5) is 18.2. The minimum absolute atomic E-state index is 0.0536. The molecule has 1 aromatic rings. The summed E-state index contributed by atoms with van der Waals surface area (Å²) in [6.07, 6.45) is 6.91. The number of piperidine rings is 1. The zero-order chi connectivity index (χ0) is 13.1. The highest BCUT2D eigenvalue weighted by molar-refractivity contribution is 5.81. The van der Waals surface area contributed by atoms with Gasteiger partial charge >= 0.3 is 0 Å². The predicted octanol–water partition coefficient (Wildman–Crippen LogP) is 0.956. The van der Waals surface area contributed by atoms with Gasteiger partial charge in [-0.2, -0.15) is 0 Å². The maximum absolute atomic E-state index is 11.9. The van der Waals surface area contributed by atoms with E-state index in [0.29, 0.717) is 6.04 Å². The average Bonchev–Trinajstić information content (AvgIpc) is 2.86. The lowest BCUT2D eigenvalue weighted by atomic mass is 10.0. The Bertz CT molecular complexity index is 413. The fourth-order valence-electron chi connectivity index (χ4n) is 2.62. The molecule has 0 aromatic carbocycles. The average molecular weight is 250 g/mol. The molecule has 2 atom stereocenters. The van der Waals surface area contributed by atoms with Gasteiger partial charge in [-0.05, 0) is 19.8 Å². The molecule has 2 heterocycles. The molecule has 5 heteroatoms. The molecular weight excluding hydrogens is 228 g/mol. The van der Waals surface area contributed by atoms with Gasteiger partial charge in [0.1, 0.15) is 5.82 Å². The third-order valence-corrected chi connectivity index (χ3v) is 3.56. The number of aryl methyl sites for hydroxylation is 1. The third-order valence-electron chi connectivity index (χ3n) is 3.56. The van der Waals surface area contributed by atoms with Crippen molar-refractivity contribution in [1.29, 1.82) is 0 Å². The van der Waals surface area contributed by atoms with Crippen LogP contribution in [0.2, 0.25) is 0 Å². The van der Waals surface area contributed by atoms with Crippen molar-refractivity contribution in [2.24, 2.45) is 5.73 Å². The molecule has 100 valence electrons. The standard InChI is InChI=1S/C13H22N4O/c1-3-12-15-6-8-17(12)11-5-4-7-16(9-11)13(18)10(2)14/h6,8,10-11H,3-5,7,9,14H2,1-2H3. The Morgan fingerprint density at radius 2 is 2.44 bits per heavy atom. The topological polar surface area (TPSA) is 64.2 Å². The summed E-state index contributed by atoms with van der Waals surface area (Å²) in [5, 5.41) is 0. The molecule has 1 aliphatic heterocycles. The zero-order valence-corrected chi connectivity index (χ0v) is 11.2. The first-order chi connectivity index (χ1) is 8.63. The number of hydrogen-bond acceptors (Lipinski definition) is 3. The maximum Gasteiger partial charge on any atom is 0.239 e. The molecule has 0 radical (unpaired) electrons. The summed E-state index contributed by atoms with van der Waals surface area (Å²) in [7, 11) is 0. The highest BCUT2D eigenvalue weighted by Crippen LogP contribution is 2.23. The fraction of sp³-hybridized carbons (Fsp3) is 0.692. The number of carbonyl (C=O) groups excluding carboxylic acids is 1. The number of nitrogens with zero attached hydrogens (tertiary/aromatic N) is 3. The van der Waals surface area contributed by atoms with Gasteiger partial charge < -0.3 is 15.2 Å². The number of carbonyl (C=O) groups is 1. The van der Waals surface area contributed by atoms with Crippen molar-refractivity contribution in [3.63, 3.8) is 0 Å². The van der Waals surface area contributed by atoms with Gasteiger partial charge in [-0.15, -0.1) is 0 Å². The fourth-order valence-corrected chi connectivity index (χ4v) is 2.62. The Hall–Kier alpha value is -1.36. The van der Waals surface area contributed by atoms with Crippen LogP contribution >= 0.6 is 0 Å². The van der Waals surface area contributed by atoms with Gasteiger partial charge in [0, 0.05) is 31.9 Å². The first-order valence-corrected chi connectivity index (χ1v) is 6.69. The van der Waals surface area contributed by atoms with Crippen LogP contribution in [0.25, 0.3) is 0 Å². The van der Waals surface area contributed by atoms with Crippen LogP contribution in [0.4, 0.5) is 0 Å². The smallest absolute Gasteiger partial charge is 0.239 e. The van der Waals surface area contributed by atoms with Crippen LogP contribution < -0.4 is 5.73 Å². The molecule has 1 aliphatic rings. The molecule has 2 N–H and O–H groups in total. The van der Waals surface area contributed by atoms with Gasteiger partial charge in [-0.3, -0.25) is 4.79 Å². The van der Waals surface area contributed by atoms with E-state index in [-0.39, 0.29) is 5.91 Å². The zero-order valence-electron chi connectivity index (χ0n) is 11.2. The summed E-state index contributed by atoms with van der Waals surface area (Å²) in [5.41, 5.74) is 5.68. The van der Waals surface area contributed by atoms with Gasteiger partial charge in [-0.1, -0.05) is 6.92 Å². The Morgan fingerprint density at radius 3 is 3.11 bits per heavy atom. The number of imidazole rings is 1. The molecule has 1 fully saturated rings. The SMILES string of the molecule is CCc1nccn1C1CCCN(C(=O)C(C)N)C1. The van der Waals surface area contributed by atoms with Gasteiger partial charge in [0.15, 0.2) is 0 Å². The van der Waals surface area contributed by atoms with Crippen LogP contribution in [0, 0.1) is 0 Å². The molecule has 0 spiro atoms. The predicted molar refractivity (Wildman–Crippen MR) is 70.1 cm³/mol. The summed E-state index contributed by atoms with van der Waals surface area (Å²) >= 11 is 0. The van der Waals surface area contributed by atoms with Gasteiger partial charge in [0.25, 0.3) is 0 Å². The van der Waals surface area contributed by atoms with E-state index >= 15 is 0 Å². The number of amides is 1. The normalized spacial score (nSPS) is 21.9. The second kappa shape index (κ2) is 5.52. The molecule has 0 bridgehead atoms. The van der Waals surface area contributed by atoms with Crippen molar-refractivity contribution in [2.75, 3.05) is 13.1 Å². The first kappa shape index (κ1) is 13.1. The van der Waals surface area contributed by atoms with Gasteiger partial charge in [0.05, 0.1) is 12.1 Å². The van der Waals surface area contributed by atoms with Crippen molar-refractivity contribution in [3.05, 3.63) is 18.2 Å². The summed E-state index contributed by atoms with van der Waals surface area (Å²) < 4.78 is 2.21. The van der Waals surface area contributed by atoms with Crippen molar-refractivity contribution in [1.82, 2.24) is 14.5 Å². The minimum atomic E-state index is -0.405. The Balaban J connectivity index is 2.09. The van der Waals surface area contributed by atoms with Crippen LogP contribution in [-0.2, 0) is 11.2 Å². The molecule has 0 aliphatic carbocycles. The molecule has 2 rings (SSSR count). The van der Waals surface area contributed by atoms with Crippen molar-refractivity contribution in [3.8, 4) is 0 Å². The number of hydrogen-bond donors (Lipinski definition) is 1. The van der Waals surface area contributed by atoms with Gasteiger partial charge in [-0.25, -0.2) is 4.98 Å². The molecule has 2 unspecified atom stereocenters. The largest absolute Gasteiger partial charge is 0.339 e. The molecule has 0 saturated carbocycles. The van der Waals surface area contributed by atoms with E-state index in [1.165, 1.54) is 0 Å². The van der Waals surface area contributed by atoms with Crippen LogP contribution in [0.15, 0.2) is 12.4 Å². The van der Waals surface area contributed by atoms with Crippen LogP contribution in [0.1, 0.15) is 38.6 Å². The highest BCUT2D eigenvalue weighted by atomic mass is 16.2. The lowest BCUT2D eigenvalue weighted by Gasteiger charge is -2.35. The monoisotopic (exact) mass is 250 g/mol. The Labute approximate surface area is 108 Å². The minimum Gasteiger partial charge on any atom is -0.339 e. The van der Waals surface area contributed by atoms with E-state index in [9.17, 15) is 4.79 Å². The second-order valence-electron chi connectivity index (χ2n) is 4.97. The van der Waals surface area contributed by atoms with Crippen LogP contribution in [-0.4, -0.2) is 39.5 Å². The number of rotatable bonds is 3. The Kier molecular flexibility index (Phi) is 4.01. The summed E-state index contributed by atoms with van der Waals surface area (Å²) in [6.45, 7) is 5.43. The van der Waals surface area contributed by atoms with E-state index in [1.54, 1.807) is 6.92 Å². The van der Waals surface area contributed by atoms with E-state index in [0.717, 1.165) is 38.2 Å². The second-order valence-corrected chi connectivity index (χ2v) is 4.97. The molecule has 1 amide bonds. The summed E-state index contributed by atoms with van der Waals surface area (Å²) in [6, 6.07) is -0.0592. The summed E-state index contributed by atoms with van der Waals surface area (Å²) in [5.74, 6) is 1.15. The van der Waals surface area contributed by atoms with Crippen LogP contribution in [0.3, 0.4) is 0 Å². The Morgan fingerprint density at radius 1 is 1.67 bits per heavy atom. The lowest BCUT2D eigenvalue weighted by Crippen LogP contribution is -2.47. The molecule has 1 saturated heterocycles. The van der Waals surface area contributed by atoms with E-state index < -0.39 is 6.04 Å². The number of likely N-dealkylation sites (tertiary alicyclic amines) is 1. The highest BCUT2D eigenvalue weighted by Gasteiger charge is 2.26. The van der Waals surface area contributed by atoms with Gasteiger partial charge in [0.2, 0.25) is 5.91 Å². The van der Waals surface area contributed by atoms with Crippen molar-refractivity contribution < 1.29 is 4.79 Å². The maximum atomic E-state index is 11.9. The van der Waals surface area contributed by atoms with E-state index in [2.05, 4.69) is 16.5 Å². The van der Waals surface area contributed by atoms with Crippen LogP contribution in [0.5, 0.6) is 0 Å². The van der Waals surface area contributed by atoms with Crippen molar-refractivity contribution in [2.45, 2.75) is 45.2 Å². The number of nitrogens with two attached hydrogens (primary N) is 1. The number of aromatic nitrogens is 2. The van der Waals surface area contributed by atoms with E-state index in [1.807, 2.05) is 17.3 Å². The molecule has 1 aromatic heterocycles. The first-order valence-electron chi connectivity index (χ1n) is 6.69. The quantitative estimate of drug-likeness (QED) is 0.869. The third kappa shape index (κ3) is 2.56.